The number of nitrogens with zero attached hydrogens (tertiary/aromatic N) is 1. The van der Waals surface area contributed by atoms with Crippen molar-refractivity contribution < 1.29 is 0 Å². The summed E-state index contributed by atoms with van der Waals surface area (Å²) in [5.74, 6) is 0. The number of rotatable bonds is 2. The van der Waals surface area contributed by atoms with Crippen molar-refractivity contribution in [3.8, 4) is 11.1 Å². The van der Waals surface area contributed by atoms with E-state index in [9.17, 15) is 0 Å². The highest BCUT2D eigenvalue weighted by Gasteiger charge is 2.20. The zero-order valence-electron chi connectivity index (χ0n) is 16.4. The number of aryl methyl sites for hydroxylation is 1. The Hall–Kier alpha value is -3.58. The van der Waals surface area contributed by atoms with Crippen molar-refractivity contribution in [3.63, 3.8) is 0 Å². The molecule has 0 unspecified atom stereocenters. The van der Waals surface area contributed by atoms with Gasteiger partial charge in [0, 0.05) is 21.7 Å². The van der Waals surface area contributed by atoms with Gasteiger partial charge in [0.25, 0.3) is 0 Å². The first-order chi connectivity index (χ1) is 14.4. The van der Waals surface area contributed by atoms with E-state index >= 15 is 0 Å². The highest BCUT2D eigenvalue weighted by molar-refractivity contribution is 6.22. The van der Waals surface area contributed by atoms with E-state index in [2.05, 4.69) is 108 Å². The molecule has 0 amide bonds. The van der Waals surface area contributed by atoms with Gasteiger partial charge >= 0.3 is 0 Å². The van der Waals surface area contributed by atoms with Crippen molar-refractivity contribution in [2.24, 2.45) is 0 Å². The number of pyridine rings is 1. The lowest BCUT2D eigenvalue weighted by Crippen LogP contribution is -1.91. The number of hydrogen-bond acceptors (Lipinski definition) is 0. The Morgan fingerprint density at radius 1 is 0.586 bits per heavy atom. The van der Waals surface area contributed by atoms with Crippen LogP contribution < -0.4 is 0 Å². The van der Waals surface area contributed by atoms with Gasteiger partial charge in [-0.15, -0.1) is 0 Å². The molecule has 138 valence electrons. The second-order valence-corrected chi connectivity index (χ2v) is 7.65. The van der Waals surface area contributed by atoms with E-state index in [0.717, 1.165) is 6.42 Å². The maximum absolute atomic E-state index is 2.48. The van der Waals surface area contributed by atoms with Gasteiger partial charge < -0.3 is 4.40 Å². The van der Waals surface area contributed by atoms with Gasteiger partial charge in [0.1, 0.15) is 0 Å². The molecule has 1 nitrogen and oxygen atoms in total. The lowest BCUT2D eigenvalue weighted by Gasteiger charge is -2.11. The van der Waals surface area contributed by atoms with Crippen LogP contribution in [-0.4, -0.2) is 4.40 Å². The molecular weight excluding hydrogens is 350 g/mol. The molecule has 0 atom stereocenters. The number of hydrogen-bond donors (Lipinski definition) is 0. The molecule has 6 rings (SSSR count). The fraction of sp³-hybridized carbons (Fsp3) is 0.0714. The van der Waals surface area contributed by atoms with Crippen LogP contribution in [0.5, 0.6) is 0 Å². The third kappa shape index (κ3) is 2.22. The predicted octanol–water partition coefficient (Wildman–Crippen LogP) is 7.63. The Morgan fingerprint density at radius 2 is 1.24 bits per heavy atom. The van der Waals surface area contributed by atoms with Crippen LogP contribution in [-0.2, 0) is 6.42 Å². The minimum absolute atomic E-state index is 1.02. The summed E-state index contributed by atoms with van der Waals surface area (Å²) in [5, 5.41) is 5.30. The largest absolute Gasteiger partial charge is 0.308 e. The average Bonchev–Trinajstić information content (AvgIpc) is 3.16. The molecule has 0 bridgehead atoms. The summed E-state index contributed by atoms with van der Waals surface area (Å²) in [5.41, 5.74) is 7.89. The lowest BCUT2D eigenvalue weighted by atomic mass is 9.96. The Morgan fingerprint density at radius 3 is 2.03 bits per heavy atom. The van der Waals surface area contributed by atoms with Crippen molar-refractivity contribution in [3.05, 3.63) is 103 Å². The molecule has 2 aromatic heterocycles. The summed E-state index contributed by atoms with van der Waals surface area (Å²) in [7, 11) is 0. The standard InChI is InChI=1S/C28H21N/c1-2-19-13-10-18-25-26(19)27(20-11-4-3-5-12-20)28-23-16-7-6-14-21(23)22-15-8-9-17-24(22)29(25)28/h3-18H,2H2,1H3. The van der Waals surface area contributed by atoms with E-state index in [0.29, 0.717) is 0 Å². The van der Waals surface area contributed by atoms with Gasteiger partial charge in [0.05, 0.1) is 16.6 Å². The van der Waals surface area contributed by atoms with Crippen molar-refractivity contribution in [2.45, 2.75) is 13.3 Å². The summed E-state index contributed by atoms with van der Waals surface area (Å²) >= 11 is 0. The zero-order valence-corrected chi connectivity index (χ0v) is 16.4. The van der Waals surface area contributed by atoms with Crippen LogP contribution in [0, 0.1) is 0 Å². The SMILES string of the molecule is CCc1cccc2c1c(-c1ccccc1)c1c3ccccc3c3ccccc3n21. The predicted molar refractivity (Wildman–Crippen MR) is 125 cm³/mol. The minimum atomic E-state index is 1.02. The Labute approximate surface area is 169 Å². The second-order valence-electron chi connectivity index (χ2n) is 7.65. The van der Waals surface area contributed by atoms with Crippen LogP contribution in [0.1, 0.15) is 12.5 Å². The molecule has 0 aliphatic heterocycles. The van der Waals surface area contributed by atoms with Crippen LogP contribution >= 0.6 is 0 Å². The van der Waals surface area contributed by atoms with Gasteiger partial charge in [-0.1, -0.05) is 91.9 Å². The quantitative estimate of drug-likeness (QED) is 0.276. The molecule has 4 aromatic carbocycles. The first kappa shape index (κ1) is 16.4. The van der Waals surface area contributed by atoms with E-state index < -0.39 is 0 Å². The topological polar surface area (TPSA) is 4.41 Å². The normalized spacial score (nSPS) is 11.8. The van der Waals surface area contributed by atoms with Crippen molar-refractivity contribution in [1.29, 1.82) is 0 Å². The molecule has 1 heteroatoms. The lowest BCUT2D eigenvalue weighted by molar-refractivity contribution is 1.16. The van der Waals surface area contributed by atoms with E-state index in [1.165, 1.54) is 54.8 Å². The Balaban J connectivity index is 2.02. The molecule has 0 aliphatic rings. The van der Waals surface area contributed by atoms with Crippen LogP contribution in [0.3, 0.4) is 0 Å². The van der Waals surface area contributed by atoms with Crippen LogP contribution in [0.2, 0.25) is 0 Å². The van der Waals surface area contributed by atoms with Gasteiger partial charge in [-0.3, -0.25) is 0 Å². The fourth-order valence-corrected chi connectivity index (χ4v) is 4.92. The number of para-hydroxylation sites is 1. The van der Waals surface area contributed by atoms with E-state index in [1.807, 2.05) is 0 Å². The van der Waals surface area contributed by atoms with Crippen molar-refractivity contribution >= 4 is 38.1 Å². The number of fused-ring (bicyclic) bond motifs is 8. The van der Waals surface area contributed by atoms with Gasteiger partial charge in [-0.25, -0.2) is 0 Å². The minimum Gasteiger partial charge on any atom is -0.308 e. The summed E-state index contributed by atoms with van der Waals surface area (Å²) in [6.45, 7) is 2.25. The smallest absolute Gasteiger partial charge is 0.0626 e. The van der Waals surface area contributed by atoms with E-state index in [-0.39, 0.29) is 0 Å². The molecule has 0 radical (unpaired) electrons. The van der Waals surface area contributed by atoms with Crippen LogP contribution in [0.4, 0.5) is 0 Å². The zero-order chi connectivity index (χ0) is 19.4. The molecule has 6 aromatic rings. The third-order valence-corrected chi connectivity index (χ3v) is 6.14. The first-order valence-electron chi connectivity index (χ1n) is 10.3. The summed E-state index contributed by atoms with van der Waals surface area (Å²) in [4.78, 5) is 0. The van der Waals surface area contributed by atoms with Gasteiger partial charge in [0.15, 0.2) is 0 Å². The summed E-state index contributed by atoms with van der Waals surface area (Å²) in [6.07, 6.45) is 1.02. The Bertz CT molecular complexity index is 1520. The first-order valence-corrected chi connectivity index (χ1v) is 10.3. The van der Waals surface area contributed by atoms with Gasteiger partial charge in [-0.05, 0) is 35.1 Å². The highest BCUT2D eigenvalue weighted by atomic mass is 14.9. The molecule has 0 N–H and O–H groups in total. The van der Waals surface area contributed by atoms with Gasteiger partial charge in [0.2, 0.25) is 0 Å². The van der Waals surface area contributed by atoms with Crippen molar-refractivity contribution in [1.82, 2.24) is 4.40 Å². The molecule has 29 heavy (non-hydrogen) atoms. The molecule has 0 saturated heterocycles. The summed E-state index contributed by atoms with van der Waals surface area (Å²) < 4.78 is 2.48. The molecular formula is C28H21N. The van der Waals surface area contributed by atoms with E-state index in [1.54, 1.807) is 0 Å². The third-order valence-electron chi connectivity index (χ3n) is 6.14. The number of aromatic nitrogens is 1. The van der Waals surface area contributed by atoms with Gasteiger partial charge in [-0.2, -0.15) is 0 Å². The molecule has 0 fully saturated rings. The maximum Gasteiger partial charge on any atom is 0.0626 e. The molecule has 0 aliphatic carbocycles. The van der Waals surface area contributed by atoms with Crippen LogP contribution in [0.25, 0.3) is 49.2 Å². The van der Waals surface area contributed by atoms with Crippen molar-refractivity contribution in [2.75, 3.05) is 0 Å². The Kier molecular flexibility index (Phi) is 3.51. The maximum atomic E-state index is 2.48. The average molecular weight is 371 g/mol. The summed E-state index contributed by atoms with van der Waals surface area (Å²) in [6, 6.07) is 35.2. The molecule has 0 spiro atoms. The second kappa shape index (κ2) is 6.22. The highest BCUT2D eigenvalue weighted by Crippen LogP contribution is 2.43. The fourth-order valence-electron chi connectivity index (χ4n) is 4.92. The molecule has 0 saturated carbocycles. The number of benzene rings is 4. The molecule has 2 heterocycles. The van der Waals surface area contributed by atoms with E-state index in [4.69, 9.17) is 0 Å². The van der Waals surface area contributed by atoms with Crippen LogP contribution in [0.15, 0.2) is 97.1 Å². The monoisotopic (exact) mass is 371 g/mol.